The van der Waals surface area contributed by atoms with Gasteiger partial charge in [0.25, 0.3) is 0 Å². The van der Waals surface area contributed by atoms with Crippen LogP contribution in [0.1, 0.15) is 26.0 Å². The summed E-state index contributed by atoms with van der Waals surface area (Å²) in [5.41, 5.74) is 2.03. The second kappa shape index (κ2) is 5.88. The van der Waals surface area contributed by atoms with Crippen LogP contribution in [0.15, 0.2) is 0 Å². The summed E-state index contributed by atoms with van der Waals surface area (Å²) in [6, 6.07) is 0.593. The minimum atomic E-state index is 0.593. The molecule has 0 amide bonds. The molecule has 6 heteroatoms. The van der Waals surface area contributed by atoms with Crippen molar-refractivity contribution in [1.29, 1.82) is 0 Å². The first-order valence-corrected chi connectivity index (χ1v) is 7.58. The van der Waals surface area contributed by atoms with Crippen molar-refractivity contribution in [3.8, 4) is 0 Å². The molecule has 19 heavy (non-hydrogen) atoms. The Morgan fingerprint density at radius 2 is 2.21 bits per heavy atom. The first-order valence-electron chi connectivity index (χ1n) is 6.77. The van der Waals surface area contributed by atoms with E-state index >= 15 is 0 Å². The number of nitrogens with one attached hydrogen (secondary N) is 1. The van der Waals surface area contributed by atoms with Crippen molar-refractivity contribution in [3.05, 3.63) is 5.69 Å². The average molecular weight is 281 g/mol. The SMILES string of the molecule is CCN(C)[C@H](C)CCNc1nc2c(s1)c(C)nn2C. The molecule has 2 rings (SSSR count). The quantitative estimate of drug-likeness (QED) is 0.883. The van der Waals surface area contributed by atoms with Crippen LogP contribution in [-0.4, -0.2) is 45.8 Å². The zero-order valence-corrected chi connectivity index (χ0v) is 13.2. The van der Waals surface area contributed by atoms with E-state index in [1.807, 2.05) is 18.7 Å². The second-order valence-electron chi connectivity index (χ2n) is 5.02. The lowest BCUT2D eigenvalue weighted by molar-refractivity contribution is 0.263. The lowest BCUT2D eigenvalue weighted by Gasteiger charge is -2.22. The Bertz CT molecular complexity index is 510. The lowest BCUT2D eigenvalue weighted by atomic mass is 10.2. The molecule has 0 fully saturated rings. The van der Waals surface area contributed by atoms with Gasteiger partial charge in [-0.3, -0.25) is 0 Å². The molecule has 1 atom stereocenters. The van der Waals surface area contributed by atoms with Crippen molar-refractivity contribution in [2.75, 3.05) is 25.5 Å². The van der Waals surface area contributed by atoms with Crippen molar-refractivity contribution in [2.24, 2.45) is 7.05 Å². The molecule has 106 valence electrons. The third-order valence-corrected chi connectivity index (χ3v) is 4.75. The maximum Gasteiger partial charge on any atom is 0.185 e. The van der Waals surface area contributed by atoms with Crippen LogP contribution in [0.2, 0.25) is 0 Å². The van der Waals surface area contributed by atoms with E-state index in [9.17, 15) is 0 Å². The van der Waals surface area contributed by atoms with Gasteiger partial charge >= 0.3 is 0 Å². The third-order valence-electron chi connectivity index (χ3n) is 3.63. The number of hydrogen-bond donors (Lipinski definition) is 1. The number of thiazole rings is 1. The largest absolute Gasteiger partial charge is 0.361 e. The van der Waals surface area contributed by atoms with E-state index < -0.39 is 0 Å². The Labute approximate surface area is 118 Å². The molecule has 2 aromatic heterocycles. The average Bonchev–Trinajstić information content (AvgIpc) is 2.91. The molecule has 0 bridgehead atoms. The highest BCUT2D eigenvalue weighted by atomic mass is 32.1. The Morgan fingerprint density at radius 3 is 2.84 bits per heavy atom. The van der Waals surface area contributed by atoms with Crippen molar-refractivity contribution < 1.29 is 0 Å². The molecular weight excluding hydrogens is 258 g/mol. The zero-order valence-electron chi connectivity index (χ0n) is 12.4. The van der Waals surface area contributed by atoms with Crippen LogP contribution in [0.25, 0.3) is 10.3 Å². The number of nitrogens with zero attached hydrogens (tertiary/aromatic N) is 4. The van der Waals surface area contributed by atoms with Crippen LogP contribution >= 0.6 is 11.3 Å². The number of aromatic nitrogens is 3. The van der Waals surface area contributed by atoms with Crippen molar-refractivity contribution in [3.63, 3.8) is 0 Å². The van der Waals surface area contributed by atoms with Gasteiger partial charge < -0.3 is 10.2 Å². The zero-order chi connectivity index (χ0) is 14.0. The van der Waals surface area contributed by atoms with Crippen LogP contribution in [0.5, 0.6) is 0 Å². The van der Waals surface area contributed by atoms with Gasteiger partial charge in [-0.05, 0) is 33.9 Å². The van der Waals surface area contributed by atoms with E-state index in [1.165, 1.54) is 4.70 Å². The van der Waals surface area contributed by atoms with Crippen LogP contribution < -0.4 is 5.32 Å². The minimum absolute atomic E-state index is 0.593. The Hall–Kier alpha value is -1.14. The van der Waals surface area contributed by atoms with E-state index in [0.29, 0.717) is 6.04 Å². The van der Waals surface area contributed by atoms with Gasteiger partial charge in [0.2, 0.25) is 0 Å². The molecule has 5 nitrogen and oxygen atoms in total. The lowest BCUT2D eigenvalue weighted by Crippen LogP contribution is -2.30. The molecular formula is C13H23N5S. The fourth-order valence-electron chi connectivity index (χ4n) is 2.08. The molecule has 0 unspecified atom stereocenters. The first kappa shape index (κ1) is 14.3. The highest BCUT2D eigenvalue weighted by Crippen LogP contribution is 2.27. The smallest absolute Gasteiger partial charge is 0.185 e. The van der Waals surface area contributed by atoms with Gasteiger partial charge in [0.15, 0.2) is 10.8 Å². The van der Waals surface area contributed by atoms with E-state index in [-0.39, 0.29) is 0 Å². The maximum atomic E-state index is 4.59. The summed E-state index contributed by atoms with van der Waals surface area (Å²) in [5, 5.41) is 8.79. The molecule has 0 saturated heterocycles. The molecule has 0 aliphatic carbocycles. The molecule has 2 aromatic rings. The molecule has 0 aliphatic heterocycles. The molecule has 0 aliphatic rings. The standard InChI is InChI=1S/C13H23N5S/c1-6-17(4)9(2)7-8-14-13-15-12-11(19-13)10(3)16-18(12)5/h9H,6-8H2,1-5H3,(H,14,15)/t9-/m1/s1. The van der Waals surface area contributed by atoms with E-state index in [0.717, 1.165) is 36.0 Å². The van der Waals surface area contributed by atoms with Crippen molar-refractivity contribution >= 4 is 26.8 Å². The normalized spacial score (nSPS) is 13.4. The van der Waals surface area contributed by atoms with Gasteiger partial charge in [0.05, 0.1) is 10.4 Å². The summed E-state index contributed by atoms with van der Waals surface area (Å²) in [7, 11) is 4.11. The topological polar surface area (TPSA) is 46.0 Å². The molecule has 1 N–H and O–H groups in total. The number of anilines is 1. The van der Waals surface area contributed by atoms with Crippen LogP contribution in [0.4, 0.5) is 5.13 Å². The molecule has 0 spiro atoms. The highest BCUT2D eigenvalue weighted by Gasteiger charge is 2.12. The fourth-order valence-corrected chi connectivity index (χ4v) is 3.04. The Kier molecular flexibility index (Phi) is 4.42. The minimum Gasteiger partial charge on any atom is -0.361 e. The van der Waals surface area contributed by atoms with Gasteiger partial charge in [0, 0.05) is 19.6 Å². The highest BCUT2D eigenvalue weighted by molar-refractivity contribution is 7.22. The van der Waals surface area contributed by atoms with Gasteiger partial charge in [-0.2, -0.15) is 5.10 Å². The van der Waals surface area contributed by atoms with Crippen LogP contribution in [0, 0.1) is 6.92 Å². The van der Waals surface area contributed by atoms with Crippen LogP contribution in [0.3, 0.4) is 0 Å². The second-order valence-corrected chi connectivity index (χ2v) is 6.02. The predicted octanol–water partition coefficient (Wildman–Crippen LogP) is 2.48. The van der Waals surface area contributed by atoms with Crippen molar-refractivity contribution in [2.45, 2.75) is 33.2 Å². The third kappa shape index (κ3) is 3.06. The molecule has 0 aromatic carbocycles. The fraction of sp³-hybridized carbons (Fsp3) is 0.692. The summed E-state index contributed by atoms with van der Waals surface area (Å²) in [6.07, 6.45) is 1.12. The van der Waals surface area contributed by atoms with E-state index in [1.54, 1.807) is 11.3 Å². The predicted molar refractivity (Wildman–Crippen MR) is 82.0 cm³/mol. The summed E-state index contributed by atoms with van der Waals surface area (Å²) >= 11 is 1.69. The Balaban J connectivity index is 1.93. The van der Waals surface area contributed by atoms with Gasteiger partial charge in [-0.25, -0.2) is 9.67 Å². The van der Waals surface area contributed by atoms with Crippen LogP contribution in [-0.2, 0) is 7.05 Å². The Morgan fingerprint density at radius 1 is 1.47 bits per heavy atom. The number of hydrogen-bond acceptors (Lipinski definition) is 5. The van der Waals surface area contributed by atoms with Gasteiger partial charge in [-0.1, -0.05) is 18.3 Å². The molecule has 2 heterocycles. The van der Waals surface area contributed by atoms with Gasteiger partial charge in [-0.15, -0.1) is 0 Å². The summed E-state index contributed by atoms with van der Waals surface area (Å²) in [5.74, 6) is 0. The van der Waals surface area contributed by atoms with E-state index in [2.05, 4.69) is 41.2 Å². The van der Waals surface area contributed by atoms with Crippen molar-refractivity contribution in [1.82, 2.24) is 19.7 Å². The first-order chi connectivity index (χ1) is 9.02. The summed E-state index contributed by atoms with van der Waals surface area (Å²) < 4.78 is 3.03. The maximum absolute atomic E-state index is 4.59. The van der Waals surface area contributed by atoms with E-state index in [4.69, 9.17) is 0 Å². The van der Waals surface area contributed by atoms with Gasteiger partial charge in [0.1, 0.15) is 0 Å². The molecule has 0 saturated carbocycles. The summed E-state index contributed by atoms with van der Waals surface area (Å²) in [4.78, 5) is 6.94. The number of rotatable bonds is 6. The summed E-state index contributed by atoms with van der Waals surface area (Å²) in [6.45, 7) is 8.53. The number of fused-ring (bicyclic) bond motifs is 1. The molecule has 0 radical (unpaired) electrons. The monoisotopic (exact) mass is 281 g/mol. The number of aryl methyl sites for hydroxylation is 2.